The van der Waals surface area contributed by atoms with Crippen molar-refractivity contribution >= 4 is 17.9 Å². The summed E-state index contributed by atoms with van der Waals surface area (Å²) in [6, 6.07) is 6.97. The van der Waals surface area contributed by atoms with E-state index in [1.54, 1.807) is 29.2 Å². The summed E-state index contributed by atoms with van der Waals surface area (Å²) in [5.74, 6) is -0.703. The summed E-state index contributed by atoms with van der Waals surface area (Å²) in [6.45, 7) is 7.97. The van der Waals surface area contributed by atoms with E-state index in [0.717, 1.165) is 16.8 Å². The van der Waals surface area contributed by atoms with Gasteiger partial charge in [0.05, 0.1) is 28.6 Å². The maximum atomic E-state index is 15.2. The molecule has 7 nitrogen and oxygen atoms in total. The van der Waals surface area contributed by atoms with Crippen molar-refractivity contribution in [2.75, 3.05) is 6.61 Å². The standard InChI is InChI=1S/C24H24FN5O2S/c1-14(2)22-19-9-20(31)29-33-17-11-28-30(12-17)24(3,4)13-32-21-8-15(5-6-27-21)18(19)7-16(10-26)23(22)25/h5-8,11-12,14H,9,13H2,1-4H3,(H,29,31). The molecule has 4 bridgehead atoms. The minimum absolute atomic E-state index is 0.0450. The topological polar surface area (TPSA) is 92.8 Å². The Kier molecular flexibility index (Phi) is 6.13. The quantitative estimate of drug-likeness (QED) is 0.529. The first-order valence-corrected chi connectivity index (χ1v) is 11.4. The molecule has 0 unspecified atom stereocenters. The number of halogens is 1. The molecule has 4 rings (SSSR count). The molecule has 9 heteroatoms. The molecule has 0 atom stereocenters. The van der Waals surface area contributed by atoms with E-state index in [2.05, 4.69) is 14.8 Å². The Morgan fingerprint density at radius 2 is 2.15 bits per heavy atom. The van der Waals surface area contributed by atoms with Gasteiger partial charge in [0.1, 0.15) is 18.5 Å². The van der Waals surface area contributed by atoms with Crippen LogP contribution in [0.25, 0.3) is 11.1 Å². The van der Waals surface area contributed by atoms with E-state index in [-0.39, 0.29) is 23.8 Å². The van der Waals surface area contributed by atoms with Crippen molar-refractivity contribution in [1.82, 2.24) is 19.5 Å². The van der Waals surface area contributed by atoms with E-state index in [1.807, 2.05) is 40.0 Å². The Morgan fingerprint density at radius 1 is 1.36 bits per heavy atom. The molecule has 1 aliphatic rings. The Balaban J connectivity index is 1.90. The third-order valence-corrected chi connectivity index (χ3v) is 6.30. The van der Waals surface area contributed by atoms with Gasteiger partial charge in [0.15, 0.2) is 0 Å². The summed E-state index contributed by atoms with van der Waals surface area (Å²) in [6.07, 6.45) is 5.07. The molecule has 2 aromatic heterocycles. The van der Waals surface area contributed by atoms with Crippen LogP contribution in [0.4, 0.5) is 4.39 Å². The van der Waals surface area contributed by atoms with Crippen LogP contribution in [0.3, 0.4) is 0 Å². The first-order valence-electron chi connectivity index (χ1n) is 10.5. The molecule has 0 radical (unpaired) electrons. The van der Waals surface area contributed by atoms with Crippen molar-refractivity contribution in [3.05, 3.63) is 59.3 Å². The number of rotatable bonds is 1. The summed E-state index contributed by atoms with van der Waals surface area (Å²) < 4.78 is 25.8. The van der Waals surface area contributed by atoms with Crippen LogP contribution < -0.4 is 9.46 Å². The molecule has 0 fully saturated rings. The van der Waals surface area contributed by atoms with Gasteiger partial charge >= 0.3 is 0 Å². The lowest BCUT2D eigenvalue weighted by Gasteiger charge is -2.25. The Labute approximate surface area is 196 Å². The molecule has 1 aliphatic heterocycles. The van der Waals surface area contributed by atoms with Gasteiger partial charge in [-0.3, -0.25) is 14.2 Å². The molecule has 1 N–H and O–H groups in total. The number of aromatic nitrogens is 3. The number of carbonyl (C=O) groups is 1. The van der Waals surface area contributed by atoms with Gasteiger partial charge in [-0.1, -0.05) is 13.8 Å². The molecule has 0 aliphatic carbocycles. The normalized spacial score (nSPS) is 15.5. The van der Waals surface area contributed by atoms with Gasteiger partial charge in [-0.15, -0.1) is 0 Å². The van der Waals surface area contributed by atoms with Gasteiger partial charge in [-0.2, -0.15) is 10.4 Å². The van der Waals surface area contributed by atoms with Gasteiger partial charge < -0.3 is 4.74 Å². The number of carbonyl (C=O) groups excluding carboxylic acids is 1. The minimum Gasteiger partial charge on any atom is -0.475 e. The average Bonchev–Trinajstić information content (AvgIpc) is 3.26. The first-order chi connectivity index (χ1) is 15.7. The number of nitriles is 1. The van der Waals surface area contributed by atoms with Gasteiger partial charge in [0.25, 0.3) is 0 Å². The van der Waals surface area contributed by atoms with Crippen LogP contribution in [-0.2, 0) is 16.8 Å². The van der Waals surface area contributed by atoms with Crippen molar-refractivity contribution in [2.24, 2.45) is 0 Å². The summed E-state index contributed by atoms with van der Waals surface area (Å²) in [5.41, 5.74) is 1.69. The molecule has 0 saturated heterocycles. The summed E-state index contributed by atoms with van der Waals surface area (Å²) >= 11 is 1.16. The highest BCUT2D eigenvalue weighted by molar-refractivity contribution is 7.98. The van der Waals surface area contributed by atoms with Crippen molar-refractivity contribution in [1.29, 1.82) is 5.26 Å². The van der Waals surface area contributed by atoms with Gasteiger partial charge in [-0.05, 0) is 66.1 Å². The number of ether oxygens (including phenoxy) is 1. The van der Waals surface area contributed by atoms with Crippen molar-refractivity contribution in [2.45, 2.75) is 50.5 Å². The molecule has 3 aromatic rings. The zero-order valence-corrected chi connectivity index (χ0v) is 19.7. The Morgan fingerprint density at radius 3 is 2.88 bits per heavy atom. The lowest BCUT2D eigenvalue weighted by molar-refractivity contribution is -0.118. The van der Waals surface area contributed by atoms with Crippen LogP contribution >= 0.6 is 11.9 Å². The zero-order chi connectivity index (χ0) is 23.8. The van der Waals surface area contributed by atoms with Crippen LogP contribution in [0, 0.1) is 17.1 Å². The Bertz CT molecular complexity index is 1260. The van der Waals surface area contributed by atoms with Crippen LogP contribution in [0.15, 0.2) is 41.7 Å². The lowest BCUT2D eigenvalue weighted by atomic mass is 9.86. The minimum atomic E-state index is -0.585. The van der Waals surface area contributed by atoms with Crippen molar-refractivity contribution in [3.8, 4) is 23.1 Å². The van der Waals surface area contributed by atoms with E-state index >= 15 is 4.39 Å². The van der Waals surface area contributed by atoms with Crippen LogP contribution in [-0.4, -0.2) is 27.3 Å². The van der Waals surface area contributed by atoms with E-state index in [9.17, 15) is 10.1 Å². The SMILES string of the molecule is CC(C)c1c(F)c(C#N)cc2c1CC(=O)NSc1cnn(c1)C(C)(C)COc1cc-2ccn1. The number of nitrogens with one attached hydrogen (secondary N) is 1. The highest BCUT2D eigenvalue weighted by Crippen LogP contribution is 2.36. The fourth-order valence-corrected chi connectivity index (χ4v) is 4.38. The van der Waals surface area contributed by atoms with Crippen LogP contribution in [0.5, 0.6) is 5.88 Å². The summed E-state index contributed by atoms with van der Waals surface area (Å²) in [5, 5.41) is 14.0. The van der Waals surface area contributed by atoms with Gasteiger partial charge in [0.2, 0.25) is 11.8 Å². The molecule has 3 heterocycles. The third kappa shape index (κ3) is 4.57. The molecular weight excluding hydrogens is 441 g/mol. The van der Waals surface area contributed by atoms with E-state index in [0.29, 0.717) is 34.7 Å². The largest absolute Gasteiger partial charge is 0.475 e. The molecule has 1 aromatic carbocycles. The summed E-state index contributed by atoms with van der Waals surface area (Å²) in [4.78, 5) is 18.0. The van der Waals surface area contributed by atoms with Gasteiger partial charge in [0, 0.05) is 18.5 Å². The van der Waals surface area contributed by atoms with Crippen molar-refractivity contribution in [3.63, 3.8) is 0 Å². The molecule has 33 heavy (non-hydrogen) atoms. The number of benzene rings is 1. The molecular formula is C24H24FN5O2S. The molecule has 0 saturated carbocycles. The highest BCUT2D eigenvalue weighted by atomic mass is 32.2. The van der Waals surface area contributed by atoms with Crippen LogP contribution in [0.2, 0.25) is 0 Å². The van der Waals surface area contributed by atoms with E-state index in [4.69, 9.17) is 4.74 Å². The summed E-state index contributed by atoms with van der Waals surface area (Å²) in [7, 11) is 0. The van der Waals surface area contributed by atoms with E-state index in [1.165, 1.54) is 6.07 Å². The predicted octanol–water partition coefficient (Wildman–Crippen LogP) is 4.57. The smallest absolute Gasteiger partial charge is 0.234 e. The first kappa shape index (κ1) is 22.8. The fourth-order valence-electron chi connectivity index (χ4n) is 3.82. The zero-order valence-electron chi connectivity index (χ0n) is 18.8. The van der Waals surface area contributed by atoms with Gasteiger partial charge in [-0.25, -0.2) is 9.37 Å². The van der Waals surface area contributed by atoms with Crippen LogP contribution in [0.1, 0.15) is 50.3 Å². The highest BCUT2D eigenvalue weighted by Gasteiger charge is 2.26. The maximum absolute atomic E-state index is 15.2. The third-order valence-electron chi connectivity index (χ3n) is 5.53. The predicted molar refractivity (Wildman–Crippen MR) is 123 cm³/mol. The molecule has 0 spiro atoms. The second-order valence-electron chi connectivity index (χ2n) is 8.85. The molecule has 1 amide bonds. The number of hydrogen-bond donors (Lipinski definition) is 1. The monoisotopic (exact) mass is 465 g/mol. The number of hydrogen-bond acceptors (Lipinski definition) is 6. The molecule has 170 valence electrons. The second kappa shape index (κ2) is 8.87. The second-order valence-corrected chi connectivity index (χ2v) is 9.73. The lowest BCUT2D eigenvalue weighted by Crippen LogP contribution is -2.34. The number of amides is 1. The number of fused-ring (bicyclic) bond motifs is 6. The van der Waals surface area contributed by atoms with E-state index < -0.39 is 11.4 Å². The average molecular weight is 466 g/mol. The Hall–Kier alpha value is -3.38. The fraction of sp³-hybridized carbons (Fsp3) is 0.333. The number of nitrogens with zero attached hydrogens (tertiary/aromatic N) is 4. The van der Waals surface area contributed by atoms with Crippen molar-refractivity contribution < 1.29 is 13.9 Å². The number of pyridine rings is 1. The maximum Gasteiger partial charge on any atom is 0.234 e.